The van der Waals surface area contributed by atoms with Crippen LogP contribution in [0.4, 0.5) is 0 Å². The van der Waals surface area contributed by atoms with Crippen molar-refractivity contribution in [3.63, 3.8) is 0 Å². The Kier molecular flexibility index (Phi) is 5.23. The molecule has 8 nitrogen and oxygen atoms in total. The standard InChI is InChI=1S/C13H16N2.C4H6O6/c1-9-5-4-6-12(10(9)2)11(3)13-7-14-8-15-13;5-1(3(7)8)2(6)4(9)10/h4-8,11H,1-3H3,(H,14,15);1-2,5-6H,(H,7,8)(H,9,10)/t;1-,2-/m.1/s1/i3D3,11D;. The number of aliphatic carboxylic acids is 2. The van der Waals surface area contributed by atoms with Crippen LogP contribution in [0.25, 0.3) is 0 Å². The summed E-state index contributed by atoms with van der Waals surface area (Å²) in [7, 11) is 0. The topological polar surface area (TPSA) is 144 Å². The molecule has 1 unspecified atom stereocenters. The van der Waals surface area contributed by atoms with Gasteiger partial charge in [0.05, 0.1) is 6.33 Å². The number of aromatic amines is 1. The van der Waals surface area contributed by atoms with Crippen molar-refractivity contribution in [1.82, 2.24) is 9.97 Å². The van der Waals surface area contributed by atoms with E-state index in [-0.39, 0.29) is 5.69 Å². The zero-order valence-corrected chi connectivity index (χ0v) is 13.6. The third kappa shape index (κ3) is 5.40. The fourth-order valence-electron chi connectivity index (χ4n) is 1.83. The molecule has 0 aliphatic rings. The van der Waals surface area contributed by atoms with Crippen molar-refractivity contribution in [1.29, 1.82) is 0 Å². The molecule has 0 saturated heterocycles. The van der Waals surface area contributed by atoms with Crippen LogP contribution >= 0.6 is 0 Å². The molecule has 136 valence electrons. The van der Waals surface area contributed by atoms with Crippen LogP contribution in [-0.4, -0.2) is 54.5 Å². The minimum atomic E-state index is -2.49. The number of hydrogen-bond acceptors (Lipinski definition) is 5. The van der Waals surface area contributed by atoms with Crippen molar-refractivity contribution in [2.75, 3.05) is 0 Å². The minimum absolute atomic E-state index is 0.279. The third-order valence-electron chi connectivity index (χ3n) is 3.45. The molecule has 5 N–H and O–H groups in total. The van der Waals surface area contributed by atoms with Gasteiger partial charge in [-0.05, 0) is 30.5 Å². The summed E-state index contributed by atoms with van der Waals surface area (Å²) in [5, 5.41) is 32.5. The normalized spacial score (nSPS) is 18.1. The molecule has 0 fully saturated rings. The van der Waals surface area contributed by atoms with E-state index in [9.17, 15) is 9.59 Å². The second kappa shape index (κ2) is 8.95. The number of aryl methyl sites for hydroxylation is 1. The predicted molar refractivity (Wildman–Crippen MR) is 89.3 cm³/mol. The van der Waals surface area contributed by atoms with Crippen molar-refractivity contribution in [2.45, 2.75) is 38.8 Å². The molecule has 8 heteroatoms. The monoisotopic (exact) mass is 354 g/mol. The van der Waals surface area contributed by atoms with Crippen LogP contribution in [0.2, 0.25) is 0 Å². The molecule has 2 aromatic rings. The van der Waals surface area contributed by atoms with E-state index in [1.54, 1.807) is 12.1 Å². The quantitative estimate of drug-likeness (QED) is 0.540. The third-order valence-corrected chi connectivity index (χ3v) is 3.45. The maximum atomic E-state index is 9.77. The molecule has 0 aliphatic carbocycles. The lowest BCUT2D eigenvalue weighted by Crippen LogP contribution is -2.39. The number of H-pyrrole nitrogens is 1. The maximum absolute atomic E-state index is 9.77. The van der Waals surface area contributed by atoms with Gasteiger partial charge in [-0.25, -0.2) is 14.6 Å². The fraction of sp³-hybridized carbons (Fsp3) is 0.353. The Labute approximate surface area is 150 Å². The highest BCUT2D eigenvalue weighted by Gasteiger charge is 2.29. The predicted octanol–water partition coefficient (Wildman–Crippen LogP) is 1.06. The highest BCUT2D eigenvalue weighted by molar-refractivity contribution is 5.83. The van der Waals surface area contributed by atoms with Crippen LogP contribution in [0.15, 0.2) is 30.7 Å². The van der Waals surface area contributed by atoms with E-state index >= 15 is 0 Å². The zero-order chi connectivity index (χ0) is 22.6. The number of nitrogens with one attached hydrogen (secondary N) is 1. The summed E-state index contributed by atoms with van der Waals surface area (Å²) in [6, 6.07) is 5.39. The number of rotatable bonds is 5. The molecule has 0 amide bonds. The Morgan fingerprint density at radius 2 is 1.80 bits per heavy atom. The average molecular weight is 354 g/mol. The van der Waals surface area contributed by atoms with Gasteiger partial charge in [0, 0.05) is 23.3 Å². The van der Waals surface area contributed by atoms with Gasteiger partial charge in [0.2, 0.25) is 0 Å². The van der Waals surface area contributed by atoms with Crippen LogP contribution in [0.3, 0.4) is 0 Å². The molecule has 2 rings (SSSR count). The molecule has 1 aromatic carbocycles. The van der Waals surface area contributed by atoms with E-state index < -0.39 is 36.9 Å². The smallest absolute Gasteiger partial charge is 0.335 e. The summed E-state index contributed by atoms with van der Waals surface area (Å²) in [6.07, 6.45) is -1.73. The molecule has 1 aromatic heterocycles. The minimum Gasteiger partial charge on any atom is -0.479 e. The van der Waals surface area contributed by atoms with Gasteiger partial charge in [0.15, 0.2) is 12.2 Å². The number of carboxylic acids is 2. The van der Waals surface area contributed by atoms with Crippen LogP contribution in [0.1, 0.15) is 40.6 Å². The van der Waals surface area contributed by atoms with E-state index in [0.717, 1.165) is 11.1 Å². The lowest BCUT2D eigenvalue weighted by atomic mass is 9.92. The Morgan fingerprint density at radius 3 is 2.24 bits per heavy atom. The second-order valence-electron chi connectivity index (χ2n) is 5.15. The molecular formula is C17H22N2O6. The maximum Gasteiger partial charge on any atom is 0.335 e. The highest BCUT2D eigenvalue weighted by atomic mass is 16.4. The first-order chi connectivity index (χ1) is 13.2. The second-order valence-corrected chi connectivity index (χ2v) is 5.15. The van der Waals surface area contributed by atoms with Gasteiger partial charge < -0.3 is 25.4 Å². The number of carbonyl (C=O) groups is 2. The molecule has 0 saturated carbocycles. The van der Waals surface area contributed by atoms with Crippen LogP contribution < -0.4 is 0 Å². The van der Waals surface area contributed by atoms with E-state index in [4.69, 9.17) is 25.9 Å². The van der Waals surface area contributed by atoms with Gasteiger partial charge in [-0.15, -0.1) is 0 Å². The molecule has 1 heterocycles. The number of nitrogens with zero attached hydrogens (tertiary/aromatic N) is 1. The van der Waals surface area contributed by atoms with Crippen molar-refractivity contribution in [3.05, 3.63) is 53.1 Å². The zero-order valence-electron chi connectivity index (χ0n) is 17.6. The summed E-state index contributed by atoms with van der Waals surface area (Å²) in [6.45, 7) is 1.26. The van der Waals surface area contributed by atoms with E-state index in [1.165, 1.54) is 12.5 Å². The lowest BCUT2D eigenvalue weighted by molar-refractivity contribution is -0.165. The Balaban J connectivity index is 0.000000359. The largest absolute Gasteiger partial charge is 0.479 e. The van der Waals surface area contributed by atoms with Crippen molar-refractivity contribution < 1.29 is 35.5 Å². The van der Waals surface area contributed by atoms with Crippen molar-refractivity contribution in [2.24, 2.45) is 0 Å². The van der Waals surface area contributed by atoms with Gasteiger partial charge in [-0.1, -0.05) is 25.1 Å². The lowest BCUT2D eigenvalue weighted by Gasteiger charge is -2.14. The molecular weight excluding hydrogens is 328 g/mol. The Morgan fingerprint density at radius 1 is 1.20 bits per heavy atom. The summed E-state index contributed by atoms with van der Waals surface area (Å²) in [5.74, 6) is -5.37. The number of aromatic nitrogens is 2. The van der Waals surface area contributed by atoms with Crippen LogP contribution in [-0.2, 0) is 9.59 Å². The van der Waals surface area contributed by atoms with Crippen LogP contribution in [0, 0.1) is 13.8 Å². The number of benzene rings is 1. The number of carboxylic acid groups (broad SMARTS) is 2. The van der Waals surface area contributed by atoms with Gasteiger partial charge in [-0.2, -0.15) is 0 Å². The van der Waals surface area contributed by atoms with Gasteiger partial charge >= 0.3 is 11.9 Å². The molecule has 0 radical (unpaired) electrons. The summed E-state index contributed by atoms with van der Waals surface area (Å²) in [5.41, 5.74) is 2.55. The first-order valence-electron chi connectivity index (χ1n) is 9.12. The molecule has 0 bridgehead atoms. The summed E-state index contributed by atoms with van der Waals surface area (Å²) >= 11 is 0. The Bertz CT molecular complexity index is 838. The first kappa shape index (κ1) is 14.6. The van der Waals surface area contributed by atoms with Gasteiger partial charge in [0.25, 0.3) is 0 Å². The van der Waals surface area contributed by atoms with E-state index in [1.807, 2.05) is 19.9 Å². The van der Waals surface area contributed by atoms with Gasteiger partial charge in [0.1, 0.15) is 0 Å². The SMILES string of the molecule is O=C(O)[C@H](O)[C@@H](O)C(=O)O.[2H]C([2H])([2H])C([2H])(c1cnc[nH]1)c1cccc(C)c1C. The number of hydrogen-bond donors (Lipinski definition) is 5. The first-order valence-corrected chi connectivity index (χ1v) is 7.12. The average Bonchev–Trinajstić information content (AvgIpc) is 3.16. The molecule has 0 aliphatic heterocycles. The van der Waals surface area contributed by atoms with Crippen molar-refractivity contribution in [3.8, 4) is 0 Å². The molecule has 3 atom stereocenters. The Hall–Kier alpha value is -2.71. The van der Waals surface area contributed by atoms with Crippen molar-refractivity contribution >= 4 is 11.9 Å². The fourth-order valence-corrected chi connectivity index (χ4v) is 1.83. The molecule has 25 heavy (non-hydrogen) atoms. The van der Waals surface area contributed by atoms with Crippen LogP contribution in [0.5, 0.6) is 0 Å². The molecule has 0 spiro atoms. The summed E-state index contributed by atoms with van der Waals surface area (Å²) in [4.78, 5) is 26.2. The number of aliphatic hydroxyl groups is 2. The van der Waals surface area contributed by atoms with Gasteiger partial charge in [-0.3, -0.25) is 0 Å². The summed E-state index contributed by atoms with van der Waals surface area (Å²) < 4.78 is 31.9. The van der Waals surface area contributed by atoms with E-state index in [0.29, 0.717) is 5.56 Å². The number of aliphatic hydroxyl groups excluding tert-OH is 2. The van der Waals surface area contributed by atoms with E-state index in [2.05, 4.69) is 9.97 Å². The number of imidazole rings is 1. The highest BCUT2D eigenvalue weighted by Crippen LogP contribution is 2.26.